The minimum atomic E-state index is -0.508. The Bertz CT molecular complexity index is 658. The Balaban J connectivity index is 2.30. The highest BCUT2D eigenvalue weighted by Gasteiger charge is 2.14. The summed E-state index contributed by atoms with van der Waals surface area (Å²) in [6.45, 7) is 1.90. The molecule has 0 bridgehead atoms. The molecule has 1 N–H and O–H groups in total. The molecule has 0 saturated heterocycles. The van der Waals surface area contributed by atoms with Gasteiger partial charge in [0.05, 0.1) is 23.4 Å². The van der Waals surface area contributed by atoms with Crippen molar-refractivity contribution in [2.24, 2.45) is 0 Å². The lowest BCUT2D eigenvalue weighted by molar-refractivity contribution is 0.102. The summed E-state index contributed by atoms with van der Waals surface area (Å²) in [5.74, 6) is -0.690. The van der Waals surface area contributed by atoms with E-state index in [1.807, 2.05) is 13.0 Å². The molecule has 0 unspecified atom stereocenters. The summed E-state index contributed by atoms with van der Waals surface area (Å²) in [6.07, 6.45) is 0. The average molecular weight is 294 g/mol. The lowest BCUT2D eigenvalue weighted by Crippen LogP contribution is -2.13. The number of aryl methyl sites for hydroxylation is 1. The fourth-order valence-electron chi connectivity index (χ4n) is 1.77. The van der Waals surface area contributed by atoms with Gasteiger partial charge in [-0.15, -0.1) is 0 Å². The van der Waals surface area contributed by atoms with Crippen LogP contribution in [0.1, 0.15) is 15.9 Å². The highest BCUT2D eigenvalue weighted by molar-refractivity contribution is 6.34. The van der Waals surface area contributed by atoms with Crippen LogP contribution in [-0.4, -0.2) is 13.0 Å². The first-order chi connectivity index (χ1) is 9.51. The van der Waals surface area contributed by atoms with E-state index in [1.54, 1.807) is 12.1 Å². The van der Waals surface area contributed by atoms with Gasteiger partial charge >= 0.3 is 0 Å². The van der Waals surface area contributed by atoms with Gasteiger partial charge in [0.15, 0.2) is 0 Å². The third kappa shape index (κ3) is 3.08. The molecular weight excluding hydrogens is 281 g/mol. The molecule has 0 atom stereocenters. The van der Waals surface area contributed by atoms with Gasteiger partial charge in [0.1, 0.15) is 11.6 Å². The molecule has 0 aromatic heterocycles. The van der Waals surface area contributed by atoms with Gasteiger partial charge in [0.25, 0.3) is 5.91 Å². The molecule has 0 aliphatic carbocycles. The van der Waals surface area contributed by atoms with Crippen LogP contribution in [0.3, 0.4) is 0 Å². The Labute approximate surface area is 121 Å². The maximum atomic E-state index is 13.3. The van der Waals surface area contributed by atoms with Gasteiger partial charge in [-0.25, -0.2) is 4.39 Å². The van der Waals surface area contributed by atoms with E-state index in [2.05, 4.69) is 5.32 Å². The van der Waals surface area contributed by atoms with Crippen LogP contribution in [-0.2, 0) is 0 Å². The molecule has 0 saturated carbocycles. The van der Waals surface area contributed by atoms with Crippen LogP contribution in [0.25, 0.3) is 0 Å². The molecule has 0 heterocycles. The first-order valence-electron chi connectivity index (χ1n) is 5.92. The van der Waals surface area contributed by atoms with E-state index in [0.717, 1.165) is 11.6 Å². The number of hydrogen-bond donors (Lipinski definition) is 1. The fourth-order valence-corrected chi connectivity index (χ4v) is 2.05. The zero-order valence-electron chi connectivity index (χ0n) is 11.0. The second-order valence-corrected chi connectivity index (χ2v) is 4.69. The van der Waals surface area contributed by atoms with Crippen molar-refractivity contribution in [3.8, 4) is 5.75 Å². The number of hydrogen-bond acceptors (Lipinski definition) is 2. The van der Waals surface area contributed by atoms with E-state index in [0.29, 0.717) is 16.5 Å². The van der Waals surface area contributed by atoms with Crippen molar-refractivity contribution in [2.75, 3.05) is 12.4 Å². The molecule has 0 spiro atoms. The van der Waals surface area contributed by atoms with E-state index >= 15 is 0 Å². The molecule has 2 aromatic rings. The van der Waals surface area contributed by atoms with Crippen LogP contribution >= 0.6 is 11.6 Å². The van der Waals surface area contributed by atoms with Crippen LogP contribution < -0.4 is 10.1 Å². The van der Waals surface area contributed by atoms with Gasteiger partial charge in [-0.3, -0.25) is 4.79 Å². The number of halogens is 2. The average Bonchev–Trinajstić information content (AvgIpc) is 2.41. The first-order valence-corrected chi connectivity index (χ1v) is 6.30. The van der Waals surface area contributed by atoms with Crippen LogP contribution in [0.4, 0.5) is 10.1 Å². The van der Waals surface area contributed by atoms with Gasteiger partial charge in [-0.05, 0) is 42.8 Å². The molecule has 1 amide bonds. The lowest BCUT2D eigenvalue weighted by atomic mass is 10.1. The van der Waals surface area contributed by atoms with Crippen molar-refractivity contribution in [1.29, 1.82) is 0 Å². The Hall–Kier alpha value is -2.07. The van der Waals surface area contributed by atoms with E-state index in [-0.39, 0.29) is 5.56 Å². The second kappa shape index (κ2) is 5.92. The van der Waals surface area contributed by atoms with Crippen molar-refractivity contribution in [1.82, 2.24) is 0 Å². The molecular formula is C15H13ClFNO2. The predicted octanol–water partition coefficient (Wildman–Crippen LogP) is 4.05. The van der Waals surface area contributed by atoms with Crippen molar-refractivity contribution < 1.29 is 13.9 Å². The number of benzene rings is 2. The van der Waals surface area contributed by atoms with Gasteiger partial charge < -0.3 is 10.1 Å². The number of ether oxygens (including phenoxy) is 1. The maximum Gasteiger partial charge on any atom is 0.259 e. The van der Waals surface area contributed by atoms with E-state index < -0.39 is 11.7 Å². The summed E-state index contributed by atoms with van der Waals surface area (Å²) in [7, 11) is 1.42. The zero-order valence-corrected chi connectivity index (χ0v) is 11.8. The van der Waals surface area contributed by atoms with Crippen molar-refractivity contribution in [3.63, 3.8) is 0 Å². The summed E-state index contributed by atoms with van der Waals surface area (Å²) in [5, 5.41) is 3.06. The van der Waals surface area contributed by atoms with Crippen molar-refractivity contribution in [3.05, 3.63) is 58.4 Å². The summed E-state index contributed by atoms with van der Waals surface area (Å²) < 4.78 is 18.3. The number of anilines is 1. The van der Waals surface area contributed by atoms with E-state index in [1.165, 1.54) is 19.2 Å². The second-order valence-electron chi connectivity index (χ2n) is 4.28. The molecule has 0 fully saturated rings. The normalized spacial score (nSPS) is 10.2. The summed E-state index contributed by atoms with van der Waals surface area (Å²) in [5.41, 5.74) is 1.56. The van der Waals surface area contributed by atoms with Gasteiger partial charge in [-0.1, -0.05) is 17.7 Å². The molecule has 2 aromatic carbocycles. The number of carbonyl (C=O) groups excluding carboxylic acids is 1. The molecule has 2 rings (SSSR count). The highest BCUT2D eigenvalue weighted by atomic mass is 35.5. The maximum absolute atomic E-state index is 13.3. The van der Waals surface area contributed by atoms with Crippen molar-refractivity contribution >= 4 is 23.2 Å². The van der Waals surface area contributed by atoms with E-state index in [4.69, 9.17) is 16.3 Å². The third-order valence-corrected chi connectivity index (χ3v) is 3.09. The highest BCUT2D eigenvalue weighted by Crippen LogP contribution is 2.25. The fraction of sp³-hybridized carbons (Fsp3) is 0.133. The molecule has 5 heteroatoms. The Kier molecular flexibility index (Phi) is 4.25. The summed E-state index contributed by atoms with van der Waals surface area (Å²) >= 11 is 6.05. The minimum Gasteiger partial charge on any atom is -0.496 e. The number of methoxy groups -OCH3 is 1. The predicted molar refractivity (Wildman–Crippen MR) is 77.1 cm³/mol. The van der Waals surface area contributed by atoms with E-state index in [9.17, 15) is 9.18 Å². The number of carbonyl (C=O) groups is 1. The Morgan fingerprint density at radius 1 is 1.25 bits per heavy atom. The Morgan fingerprint density at radius 3 is 2.65 bits per heavy atom. The van der Waals surface area contributed by atoms with Crippen LogP contribution in [0.15, 0.2) is 36.4 Å². The van der Waals surface area contributed by atoms with Gasteiger partial charge in [0.2, 0.25) is 0 Å². The van der Waals surface area contributed by atoms with Gasteiger partial charge in [0, 0.05) is 0 Å². The molecule has 0 aliphatic rings. The smallest absolute Gasteiger partial charge is 0.259 e. The van der Waals surface area contributed by atoms with Crippen molar-refractivity contribution in [2.45, 2.75) is 6.92 Å². The number of rotatable bonds is 3. The SMILES string of the molecule is COc1ccc(F)cc1C(=O)Nc1ccc(C)cc1Cl. The molecule has 0 aliphatic heterocycles. The molecule has 104 valence electrons. The first kappa shape index (κ1) is 14.3. The monoisotopic (exact) mass is 293 g/mol. The largest absolute Gasteiger partial charge is 0.496 e. The number of nitrogens with one attached hydrogen (secondary N) is 1. The van der Waals surface area contributed by atoms with Gasteiger partial charge in [-0.2, -0.15) is 0 Å². The topological polar surface area (TPSA) is 38.3 Å². The third-order valence-electron chi connectivity index (χ3n) is 2.78. The van der Waals surface area contributed by atoms with Crippen LogP contribution in [0, 0.1) is 12.7 Å². The zero-order chi connectivity index (χ0) is 14.7. The minimum absolute atomic E-state index is 0.115. The Morgan fingerprint density at radius 2 is 2.00 bits per heavy atom. The quantitative estimate of drug-likeness (QED) is 0.927. The lowest BCUT2D eigenvalue weighted by Gasteiger charge is -2.11. The number of amides is 1. The summed E-state index contributed by atoms with van der Waals surface area (Å²) in [4.78, 5) is 12.2. The summed E-state index contributed by atoms with van der Waals surface area (Å²) in [6, 6.07) is 9.01. The molecule has 3 nitrogen and oxygen atoms in total. The molecule has 0 radical (unpaired) electrons. The molecule has 20 heavy (non-hydrogen) atoms. The standard InChI is InChI=1S/C15H13ClFNO2/c1-9-3-5-13(12(16)7-9)18-15(19)11-8-10(17)4-6-14(11)20-2/h3-8H,1-2H3,(H,18,19). The van der Waals surface area contributed by atoms with Crippen LogP contribution in [0.5, 0.6) is 5.75 Å². The van der Waals surface area contributed by atoms with Crippen LogP contribution in [0.2, 0.25) is 5.02 Å².